The Hall–Kier alpha value is -2.57. The first-order valence-electron chi connectivity index (χ1n) is 8.34. The van der Waals surface area contributed by atoms with Crippen molar-refractivity contribution in [2.24, 2.45) is 0 Å². The Morgan fingerprint density at radius 2 is 1.92 bits per heavy atom. The minimum absolute atomic E-state index is 0.0877. The summed E-state index contributed by atoms with van der Waals surface area (Å²) < 4.78 is 38.9. The highest BCUT2D eigenvalue weighted by molar-refractivity contribution is 5.56. The molecule has 2 N–H and O–H groups in total. The van der Waals surface area contributed by atoms with Crippen LogP contribution >= 0.6 is 0 Å². The number of hydrogen-bond donors (Lipinski definition) is 2. The van der Waals surface area contributed by atoms with Crippen molar-refractivity contribution in [3.05, 3.63) is 59.0 Å². The third kappa shape index (κ3) is 5.75. The summed E-state index contributed by atoms with van der Waals surface area (Å²) in [4.78, 5) is 7.77. The predicted molar refractivity (Wildman–Crippen MR) is 101 cm³/mol. The summed E-state index contributed by atoms with van der Waals surface area (Å²) in [6.07, 6.45) is 6.88. The Balaban J connectivity index is 3.27. The fraction of sp³-hybridized carbons (Fsp3) is 0.368. The highest BCUT2D eigenvalue weighted by Crippen LogP contribution is 2.33. The van der Waals surface area contributed by atoms with Crippen molar-refractivity contribution in [1.82, 2.24) is 9.97 Å². The van der Waals surface area contributed by atoms with Gasteiger partial charge in [0, 0.05) is 24.5 Å². The van der Waals surface area contributed by atoms with Crippen LogP contribution in [0.5, 0.6) is 0 Å². The molecule has 1 aromatic rings. The Labute approximate surface area is 152 Å². The van der Waals surface area contributed by atoms with E-state index in [9.17, 15) is 13.2 Å². The van der Waals surface area contributed by atoms with Crippen molar-refractivity contribution < 1.29 is 13.2 Å². The summed E-state index contributed by atoms with van der Waals surface area (Å²) in [5, 5.41) is 5.48. The van der Waals surface area contributed by atoms with E-state index in [2.05, 4.69) is 20.6 Å². The van der Waals surface area contributed by atoms with Gasteiger partial charge in [-0.2, -0.15) is 18.2 Å². The smallest absolute Gasteiger partial charge is 0.372 e. The first-order chi connectivity index (χ1) is 12.3. The molecule has 0 radical (unpaired) electrons. The van der Waals surface area contributed by atoms with Crippen LogP contribution in [-0.2, 0) is 6.18 Å². The molecular weight excluding hydrogens is 341 g/mol. The molecule has 0 aliphatic rings. The molecule has 0 saturated heterocycles. The van der Waals surface area contributed by atoms with Gasteiger partial charge in [0.1, 0.15) is 11.4 Å². The van der Waals surface area contributed by atoms with E-state index in [1.807, 2.05) is 58.1 Å². The number of rotatable bonds is 7. The van der Waals surface area contributed by atoms with Crippen molar-refractivity contribution in [1.29, 1.82) is 0 Å². The van der Waals surface area contributed by atoms with E-state index in [4.69, 9.17) is 0 Å². The van der Waals surface area contributed by atoms with Crippen molar-refractivity contribution in [3.63, 3.8) is 0 Å². The predicted octanol–water partition coefficient (Wildman–Crippen LogP) is 5.71. The number of nitrogens with one attached hydrogen (secondary N) is 2. The van der Waals surface area contributed by atoms with Crippen LogP contribution < -0.4 is 10.6 Å². The van der Waals surface area contributed by atoms with Gasteiger partial charge in [-0.3, -0.25) is 0 Å². The van der Waals surface area contributed by atoms with Crippen LogP contribution in [0.3, 0.4) is 0 Å². The maximum Gasteiger partial charge on any atom is 0.421 e. The summed E-state index contributed by atoms with van der Waals surface area (Å²) in [7, 11) is 1.39. The summed E-state index contributed by atoms with van der Waals surface area (Å²) in [6.45, 7) is 7.76. The van der Waals surface area contributed by atoms with Crippen LogP contribution in [0, 0.1) is 0 Å². The number of aromatic nitrogens is 2. The highest BCUT2D eigenvalue weighted by Gasteiger charge is 2.35. The lowest BCUT2D eigenvalue weighted by Crippen LogP contribution is -2.14. The summed E-state index contributed by atoms with van der Waals surface area (Å²) in [6, 6.07) is 0. The Bertz CT molecular complexity index is 729. The van der Waals surface area contributed by atoms with Crippen molar-refractivity contribution in [2.45, 2.75) is 40.3 Å². The van der Waals surface area contributed by atoms with Crippen LogP contribution in [0.1, 0.15) is 39.7 Å². The fourth-order valence-corrected chi connectivity index (χ4v) is 2.24. The normalized spacial score (nSPS) is 14.1. The molecule has 1 aromatic heterocycles. The van der Waals surface area contributed by atoms with Crippen molar-refractivity contribution in [2.75, 3.05) is 17.7 Å². The van der Waals surface area contributed by atoms with Gasteiger partial charge in [-0.05, 0) is 32.8 Å². The molecule has 0 amide bonds. The molecule has 1 rings (SSSR count). The van der Waals surface area contributed by atoms with Gasteiger partial charge in [0.2, 0.25) is 5.95 Å². The van der Waals surface area contributed by atoms with Crippen LogP contribution in [0.25, 0.3) is 0 Å². The molecule has 0 spiro atoms. The van der Waals surface area contributed by atoms with Gasteiger partial charge < -0.3 is 10.6 Å². The molecule has 0 atom stereocenters. The fourth-order valence-electron chi connectivity index (χ4n) is 2.24. The average molecular weight is 366 g/mol. The molecule has 0 saturated carbocycles. The molecule has 0 unspecified atom stereocenters. The van der Waals surface area contributed by atoms with Crippen molar-refractivity contribution in [3.8, 4) is 0 Å². The van der Waals surface area contributed by atoms with E-state index in [1.165, 1.54) is 7.05 Å². The van der Waals surface area contributed by atoms with Crippen LogP contribution in [-0.4, -0.2) is 17.0 Å². The van der Waals surface area contributed by atoms with E-state index in [0.29, 0.717) is 5.70 Å². The maximum absolute atomic E-state index is 13.0. The Morgan fingerprint density at radius 3 is 2.42 bits per heavy atom. The SMILES string of the molecule is C\C=C/C(C(=C\C)/Nc1ncc(C(F)(F)F)c(NC)n1)=C(C)\C=C\CC. The van der Waals surface area contributed by atoms with Gasteiger partial charge in [-0.25, -0.2) is 4.98 Å². The molecule has 0 aliphatic heterocycles. The Kier molecular flexibility index (Phi) is 8.09. The zero-order valence-electron chi connectivity index (χ0n) is 15.7. The lowest BCUT2D eigenvalue weighted by molar-refractivity contribution is -0.137. The average Bonchev–Trinajstić information content (AvgIpc) is 2.61. The molecule has 7 heteroatoms. The number of hydrogen-bond acceptors (Lipinski definition) is 4. The maximum atomic E-state index is 13.0. The van der Waals surface area contributed by atoms with Gasteiger partial charge >= 0.3 is 6.18 Å². The quantitative estimate of drug-likeness (QED) is 0.607. The highest BCUT2D eigenvalue weighted by atomic mass is 19.4. The molecular formula is C19H25F3N4. The molecule has 1 heterocycles. The lowest BCUT2D eigenvalue weighted by atomic mass is 10.0. The molecule has 142 valence electrons. The second-order valence-corrected chi connectivity index (χ2v) is 5.44. The number of alkyl halides is 3. The zero-order valence-corrected chi connectivity index (χ0v) is 15.7. The topological polar surface area (TPSA) is 49.8 Å². The van der Waals surface area contributed by atoms with E-state index in [0.717, 1.165) is 23.8 Å². The third-order valence-corrected chi connectivity index (χ3v) is 3.52. The minimum Gasteiger partial charge on any atom is -0.372 e. The van der Waals surface area contributed by atoms with Gasteiger partial charge in [0.25, 0.3) is 0 Å². The molecule has 26 heavy (non-hydrogen) atoms. The van der Waals surface area contributed by atoms with Gasteiger partial charge in [0.15, 0.2) is 0 Å². The van der Waals surface area contributed by atoms with Crippen molar-refractivity contribution >= 4 is 11.8 Å². The first-order valence-corrected chi connectivity index (χ1v) is 8.34. The van der Waals surface area contributed by atoms with Crippen LogP contribution in [0.15, 0.2) is 53.4 Å². The largest absolute Gasteiger partial charge is 0.421 e. The number of anilines is 2. The first kappa shape index (κ1) is 21.5. The number of nitrogens with zero attached hydrogens (tertiary/aromatic N) is 2. The third-order valence-electron chi connectivity index (χ3n) is 3.52. The van der Waals surface area contributed by atoms with E-state index >= 15 is 0 Å². The van der Waals surface area contributed by atoms with Crippen LogP contribution in [0.4, 0.5) is 24.9 Å². The monoisotopic (exact) mass is 366 g/mol. The molecule has 4 nitrogen and oxygen atoms in total. The molecule has 0 aliphatic carbocycles. The summed E-state index contributed by atoms with van der Waals surface area (Å²) >= 11 is 0. The number of allylic oxidation sites excluding steroid dienone is 6. The number of halogens is 3. The van der Waals surface area contributed by atoms with E-state index < -0.39 is 11.7 Å². The van der Waals surface area contributed by atoms with E-state index in [-0.39, 0.29) is 11.8 Å². The Morgan fingerprint density at radius 1 is 1.23 bits per heavy atom. The second kappa shape index (κ2) is 9.79. The molecule has 0 bridgehead atoms. The summed E-state index contributed by atoms with van der Waals surface area (Å²) in [5.74, 6) is -0.186. The lowest BCUT2D eigenvalue weighted by Gasteiger charge is -2.15. The second-order valence-electron chi connectivity index (χ2n) is 5.44. The minimum atomic E-state index is -4.52. The molecule has 0 fully saturated rings. The van der Waals surface area contributed by atoms with Crippen LogP contribution in [0.2, 0.25) is 0 Å². The van der Waals surface area contributed by atoms with E-state index in [1.54, 1.807) is 0 Å². The summed E-state index contributed by atoms with van der Waals surface area (Å²) in [5.41, 5.74) is 1.74. The van der Waals surface area contributed by atoms with Gasteiger partial charge in [0.05, 0.1) is 0 Å². The standard InChI is InChI=1S/C19H25F3N4/c1-6-9-11-13(4)14(10-7-2)16(8-3)25-18-24-12-15(19(20,21)22)17(23-5)26-18/h7-12H,6H2,1-5H3,(H2,23,24,25,26)/b10-7-,11-9+,14-13+,16-8+. The molecule has 0 aromatic carbocycles. The zero-order chi connectivity index (χ0) is 19.7. The van der Waals surface area contributed by atoms with Gasteiger partial charge in [-0.1, -0.05) is 37.3 Å². The van der Waals surface area contributed by atoms with Gasteiger partial charge in [-0.15, -0.1) is 0 Å².